The summed E-state index contributed by atoms with van der Waals surface area (Å²) in [6, 6.07) is 15.0. The van der Waals surface area contributed by atoms with E-state index in [0.717, 1.165) is 25.0 Å². The topological polar surface area (TPSA) is 29.5 Å². The summed E-state index contributed by atoms with van der Waals surface area (Å²) in [4.78, 5) is 14.2. The molecule has 1 atom stereocenters. The van der Waals surface area contributed by atoms with E-state index in [9.17, 15) is 18.0 Å². The molecule has 27 heavy (non-hydrogen) atoms. The average Bonchev–Trinajstić information content (AvgIpc) is 2.68. The van der Waals surface area contributed by atoms with Crippen LogP contribution in [0.25, 0.3) is 0 Å². The summed E-state index contributed by atoms with van der Waals surface area (Å²) >= 11 is 0. The van der Waals surface area contributed by atoms with E-state index < -0.39 is 11.7 Å². The molecular weight excluding hydrogens is 355 g/mol. The first-order valence-electron chi connectivity index (χ1n) is 9.04. The maximum atomic E-state index is 12.7. The Morgan fingerprint density at radius 2 is 1.78 bits per heavy atom. The number of carbonyl (C=O) groups excluding carboxylic acids is 1. The van der Waals surface area contributed by atoms with E-state index in [4.69, 9.17) is 4.74 Å². The first kappa shape index (κ1) is 19.4. The highest BCUT2D eigenvalue weighted by Gasteiger charge is 2.31. The molecule has 2 aromatic carbocycles. The number of aryl methyl sites for hydroxylation is 1. The predicted octanol–water partition coefficient (Wildman–Crippen LogP) is 4.63. The van der Waals surface area contributed by atoms with E-state index in [1.165, 1.54) is 17.7 Å². The Balaban J connectivity index is 1.53. The van der Waals surface area contributed by atoms with Gasteiger partial charge in [-0.2, -0.15) is 13.2 Å². The lowest BCUT2D eigenvalue weighted by atomic mass is 10.0. The van der Waals surface area contributed by atoms with Gasteiger partial charge >= 0.3 is 6.18 Å². The standard InChI is InChI=1S/C21H22F3NO2/c22-21(23,24)18-11-9-17(10-12-18)19-15-25(13-14-27-19)20(26)8-4-7-16-5-2-1-3-6-16/h1-3,5-6,9-12,19H,4,7-8,13-15H2. The SMILES string of the molecule is O=C(CCCc1ccccc1)N1CCOC(c2ccc(C(F)(F)F)cc2)C1. The lowest BCUT2D eigenvalue weighted by molar-refractivity contribution is -0.139. The number of ether oxygens (including phenoxy) is 1. The first-order chi connectivity index (χ1) is 12.9. The van der Waals surface area contributed by atoms with E-state index in [-0.39, 0.29) is 12.0 Å². The number of hydrogen-bond acceptors (Lipinski definition) is 2. The van der Waals surface area contributed by atoms with Gasteiger partial charge < -0.3 is 9.64 Å². The predicted molar refractivity (Wildman–Crippen MR) is 96.1 cm³/mol. The zero-order valence-corrected chi connectivity index (χ0v) is 14.9. The Kier molecular flexibility index (Phi) is 6.16. The Morgan fingerprint density at radius 1 is 1.07 bits per heavy atom. The van der Waals surface area contributed by atoms with Crippen molar-refractivity contribution in [3.8, 4) is 0 Å². The largest absolute Gasteiger partial charge is 0.416 e. The molecule has 6 heteroatoms. The van der Waals surface area contributed by atoms with Crippen LogP contribution in [0.4, 0.5) is 13.2 Å². The van der Waals surface area contributed by atoms with Gasteiger partial charge in [-0.1, -0.05) is 42.5 Å². The second-order valence-corrected chi connectivity index (χ2v) is 6.66. The van der Waals surface area contributed by atoms with Crippen LogP contribution in [-0.2, 0) is 22.1 Å². The number of rotatable bonds is 5. The molecule has 0 spiro atoms. The van der Waals surface area contributed by atoms with Crippen LogP contribution in [0.2, 0.25) is 0 Å². The fourth-order valence-corrected chi connectivity index (χ4v) is 3.21. The third-order valence-corrected chi connectivity index (χ3v) is 4.73. The smallest absolute Gasteiger partial charge is 0.370 e. The molecule has 0 saturated carbocycles. The van der Waals surface area contributed by atoms with Gasteiger partial charge in [-0.25, -0.2) is 0 Å². The van der Waals surface area contributed by atoms with E-state index in [2.05, 4.69) is 0 Å². The van der Waals surface area contributed by atoms with Crippen LogP contribution in [0.1, 0.15) is 35.6 Å². The molecular formula is C21H22F3NO2. The van der Waals surface area contributed by atoms with Gasteiger partial charge in [-0.05, 0) is 36.1 Å². The minimum Gasteiger partial charge on any atom is -0.370 e. The van der Waals surface area contributed by atoms with Gasteiger partial charge in [0, 0.05) is 13.0 Å². The zero-order chi connectivity index (χ0) is 19.3. The lowest BCUT2D eigenvalue weighted by Gasteiger charge is -2.33. The van der Waals surface area contributed by atoms with Crippen molar-refractivity contribution in [3.05, 3.63) is 71.3 Å². The summed E-state index contributed by atoms with van der Waals surface area (Å²) in [7, 11) is 0. The molecule has 1 aliphatic rings. The Morgan fingerprint density at radius 3 is 2.44 bits per heavy atom. The van der Waals surface area contributed by atoms with E-state index >= 15 is 0 Å². The summed E-state index contributed by atoms with van der Waals surface area (Å²) in [6.07, 6.45) is -2.68. The molecule has 1 amide bonds. The number of halogens is 3. The fraction of sp³-hybridized carbons (Fsp3) is 0.381. The van der Waals surface area contributed by atoms with Gasteiger partial charge in [0.2, 0.25) is 5.91 Å². The highest BCUT2D eigenvalue weighted by molar-refractivity contribution is 5.76. The molecule has 0 aliphatic carbocycles. The number of benzene rings is 2. The molecule has 144 valence electrons. The molecule has 3 nitrogen and oxygen atoms in total. The molecule has 1 heterocycles. The second kappa shape index (κ2) is 8.57. The van der Waals surface area contributed by atoms with Crippen molar-refractivity contribution in [1.29, 1.82) is 0 Å². The van der Waals surface area contributed by atoms with Crippen LogP contribution in [0.5, 0.6) is 0 Å². The van der Waals surface area contributed by atoms with Gasteiger partial charge in [0.15, 0.2) is 0 Å². The summed E-state index contributed by atoms with van der Waals surface area (Å²) in [5.74, 6) is 0.0612. The van der Waals surface area contributed by atoms with Crippen molar-refractivity contribution < 1.29 is 22.7 Å². The molecule has 1 fully saturated rings. The Hall–Kier alpha value is -2.34. The molecule has 0 aromatic heterocycles. The van der Waals surface area contributed by atoms with Gasteiger partial charge in [0.1, 0.15) is 6.10 Å². The zero-order valence-electron chi connectivity index (χ0n) is 14.9. The summed E-state index contributed by atoms with van der Waals surface area (Å²) in [6.45, 7) is 1.27. The van der Waals surface area contributed by atoms with Crippen molar-refractivity contribution >= 4 is 5.91 Å². The number of amides is 1. The monoisotopic (exact) mass is 377 g/mol. The highest BCUT2D eigenvalue weighted by Crippen LogP contribution is 2.31. The van der Waals surface area contributed by atoms with Crippen molar-refractivity contribution in [2.45, 2.75) is 31.5 Å². The molecule has 0 radical (unpaired) electrons. The minimum absolute atomic E-state index is 0.0612. The van der Waals surface area contributed by atoms with E-state index in [1.807, 2.05) is 30.3 Å². The molecule has 0 bridgehead atoms. The highest BCUT2D eigenvalue weighted by atomic mass is 19.4. The molecule has 1 aliphatic heterocycles. The van der Waals surface area contributed by atoms with E-state index in [1.54, 1.807) is 4.90 Å². The third kappa shape index (κ3) is 5.32. The van der Waals surface area contributed by atoms with E-state index in [0.29, 0.717) is 31.7 Å². The Labute approximate surface area is 156 Å². The maximum absolute atomic E-state index is 12.7. The number of alkyl halides is 3. The average molecular weight is 377 g/mol. The number of carbonyl (C=O) groups is 1. The fourth-order valence-electron chi connectivity index (χ4n) is 3.21. The Bertz CT molecular complexity index is 744. The van der Waals surface area contributed by atoms with Crippen molar-refractivity contribution in [3.63, 3.8) is 0 Å². The molecule has 1 saturated heterocycles. The molecule has 1 unspecified atom stereocenters. The first-order valence-corrected chi connectivity index (χ1v) is 9.04. The quantitative estimate of drug-likeness (QED) is 0.760. The second-order valence-electron chi connectivity index (χ2n) is 6.66. The summed E-state index contributed by atoms with van der Waals surface area (Å²) < 4.78 is 43.7. The van der Waals surface area contributed by atoms with Crippen LogP contribution < -0.4 is 0 Å². The summed E-state index contributed by atoms with van der Waals surface area (Å²) in [5, 5.41) is 0. The number of nitrogens with zero attached hydrogens (tertiary/aromatic N) is 1. The molecule has 3 rings (SSSR count). The third-order valence-electron chi connectivity index (χ3n) is 4.73. The lowest BCUT2D eigenvalue weighted by Crippen LogP contribution is -2.42. The van der Waals surface area contributed by atoms with Crippen LogP contribution in [0.15, 0.2) is 54.6 Å². The van der Waals surface area contributed by atoms with Crippen molar-refractivity contribution in [2.75, 3.05) is 19.7 Å². The molecule has 0 N–H and O–H groups in total. The van der Waals surface area contributed by atoms with Gasteiger partial charge in [0.25, 0.3) is 0 Å². The van der Waals surface area contributed by atoms with Gasteiger partial charge in [-0.3, -0.25) is 4.79 Å². The number of morpholine rings is 1. The van der Waals surface area contributed by atoms with Crippen LogP contribution in [-0.4, -0.2) is 30.5 Å². The van der Waals surface area contributed by atoms with Gasteiger partial charge in [0.05, 0.1) is 18.7 Å². The van der Waals surface area contributed by atoms with Crippen LogP contribution in [0, 0.1) is 0 Å². The van der Waals surface area contributed by atoms with Gasteiger partial charge in [-0.15, -0.1) is 0 Å². The minimum atomic E-state index is -4.35. The summed E-state index contributed by atoms with van der Waals surface area (Å²) in [5.41, 5.74) is 1.18. The van der Waals surface area contributed by atoms with Crippen molar-refractivity contribution in [2.24, 2.45) is 0 Å². The van der Waals surface area contributed by atoms with Crippen LogP contribution >= 0.6 is 0 Å². The van der Waals surface area contributed by atoms with Crippen LogP contribution in [0.3, 0.4) is 0 Å². The molecule has 2 aromatic rings. The number of hydrogen-bond donors (Lipinski definition) is 0. The maximum Gasteiger partial charge on any atom is 0.416 e. The van der Waals surface area contributed by atoms with Crippen molar-refractivity contribution in [1.82, 2.24) is 4.90 Å². The normalized spacial score (nSPS) is 17.7.